The van der Waals surface area contributed by atoms with Crippen molar-refractivity contribution in [1.29, 1.82) is 0 Å². The molecule has 4 heteroatoms. The highest BCUT2D eigenvalue weighted by molar-refractivity contribution is 5.85. The van der Waals surface area contributed by atoms with Gasteiger partial charge in [-0.15, -0.1) is 12.4 Å². The highest BCUT2D eigenvalue weighted by Crippen LogP contribution is 2.26. The quantitative estimate of drug-likeness (QED) is 0.741. The number of ether oxygens (including phenoxy) is 1. The fourth-order valence-electron chi connectivity index (χ4n) is 1.60. The summed E-state index contributed by atoms with van der Waals surface area (Å²) in [7, 11) is 0. The van der Waals surface area contributed by atoms with Gasteiger partial charge in [0.25, 0.3) is 0 Å². The summed E-state index contributed by atoms with van der Waals surface area (Å²) in [4.78, 5) is 0. The van der Waals surface area contributed by atoms with E-state index < -0.39 is 0 Å². The van der Waals surface area contributed by atoms with Crippen molar-refractivity contribution in [2.24, 2.45) is 0 Å². The highest BCUT2D eigenvalue weighted by atomic mass is 35.5. The fourth-order valence-corrected chi connectivity index (χ4v) is 1.60. The van der Waals surface area contributed by atoms with E-state index in [0.29, 0.717) is 5.75 Å². The largest absolute Gasteiger partial charge is 0.486 e. The number of hydrogen-bond donors (Lipinski definition) is 1. The van der Waals surface area contributed by atoms with Crippen molar-refractivity contribution < 1.29 is 9.13 Å². The molecule has 1 N–H and O–H groups in total. The Morgan fingerprint density at radius 1 is 1.40 bits per heavy atom. The predicted octanol–water partition coefficient (Wildman–Crippen LogP) is 2.51. The molecular weight excluding hydrogens is 217 g/mol. The first-order valence-electron chi connectivity index (χ1n) is 4.75. The number of hydrogen-bond acceptors (Lipinski definition) is 2. The minimum Gasteiger partial charge on any atom is -0.486 e. The Labute approximate surface area is 95.2 Å². The maximum Gasteiger partial charge on any atom is 0.127 e. The van der Waals surface area contributed by atoms with Crippen molar-refractivity contribution >= 4 is 12.4 Å². The van der Waals surface area contributed by atoms with E-state index in [1.165, 1.54) is 12.1 Å². The molecule has 1 aliphatic heterocycles. The molecule has 0 saturated carbocycles. The van der Waals surface area contributed by atoms with Gasteiger partial charge in [0, 0.05) is 24.7 Å². The lowest BCUT2D eigenvalue weighted by Gasteiger charge is -2.24. The van der Waals surface area contributed by atoms with Crippen LogP contribution < -0.4 is 10.1 Å². The summed E-state index contributed by atoms with van der Waals surface area (Å²) >= 11 is 0. The van der Waals surface area contributed by atoms with Gasteiger partial charge >= 0.3 is 0 Å². The van der Waals surface area contributed by atoms with Gasteiger partial charge in [0.2, 0.25) is 0 Å². The zero-order chi connectivity index (χ0) is 10.2. The lowest BCUT2D eigenvalue weighted by atomic mass is 10.1. The fraction of sp³-hybridized carbons (Fsp3) is 0.455. The van der Waals surface area contributed by atoms with Crippen LogP contribution in [0.25, 0.3) is 0 Å². The first-order chi connectivity index (χ1) is 6.57. The molecule has 0 aliphatic carbocycles. The van der Waals surface area contributed by atoms with Crippen LogP contribution in [0, 0.1) is 5.82 Å². The Balaban J connectivity index is 0.00000112. The van der Waals surface area contributed by atoms with E-state index in [4.69, 9.17) is 4.74 Å². The van der Waals surface area contributed by atoms with Crippen molar-refractivity contribution in [1.82, 2.24) is 5.32 Å². The molecule has 2 rings (SSSR count). The molecule has 0 saturated heterocycles. The number of fused-ring (bicyclic) bond motifs is 1. The SMILES string of the molecule is CC1(C)CNCc2ccc(F)cc2O1.Cl. The van der Waals surface area contributed by atoms with Crippen LogP contribution in [0.1, 0.15) is 19.4 Å². The summed E-state index contributed by atoms with van der Waals surface area (Å²) in [6.45, 7) is 5.47. The van der Waals surface area contributed by atoms with E-state index in [1.54, 1.807) is 6.07 Å². The summed E-state index contributed by atoms with van der Waals surface area (Å²) in [6, 6.07) is 4.67. The number of halogens is 2. The zero-order valence-electron chi connectivity index (χ0n) is 8.84. The van der Waals surface area contributed by atoms with Crippen molar-refractivity contribution in [2.75, 3.05) is 6.54 Å². The van der Waals surface area contributed by atoms with E-state index in [0.717, 1.165) is 18.7 Å². The average Bonchev–Trinajstić information content (AvgIpc) is 2.21. The van der Waals surface area contributed by atoms with Crippen LogP contribution in [0.15, 0.2) is 18.2 Å². The molecule has 15 heavy (non-hydrogen) atoms. The minimum atomic E-state index is -0.279. The molecule has 0 spiro atoms. The molecule has 84 valence electrons. The second-order valence-corrected chi connectivity index (χ2v) is 4.22. The molecule has 1 aromatic carbocycles. The summed E-state index contributed by atoms with van der Waals surface area (Å²) in [5.74, 6) is 0.404. The van der Waals surface area contributed by atoms with Gasteiger partial charge in [0.15, 0.2) is 0 Å². The van der Waals surface area contributed by atoms with Gasteiger partial charge < -0.3 is 10.1 Å². The summed E-state index contributed by atoms with van der Waals surface area (Å²) in [5, 5.41) is 3.27. The average molecular weight is 232 g/mol. The molecule has 1 heterocycles. The lowest BCUT2D eigenvalue weighted by molar-refractivity contribution is 0.114. The zero-order valence-corrected chi connectivity index (χ0v) is 9.66. The molecule has 1 aliphatic rings. The molecule has 0 aromatic heterocycles. The van der Waals surface area contributed by atoms with Gasteiger partial charge in [-0.3, -0.25) is 0 Å². The van der Waals surface area contributed by atoms with Crippen molar-refractivity contribution in [3.8, 4) is 5.75 Å². The molecule has 0 radical (unpaired) electrons. The van der Waals surface area contributed by atoms with Crippen molar-refractivity contribution in [3.05, 3.63) is 29.6 Å². The molecular formula is C11H15ClFNO. The Kier molecular flexibility index (Phi) is 3.58. The summed E-state index contributed by atoms with van der Waals surface area (Å²) in [5.41, 5.74) is 0.732. The first-order valence-corrected chi connectivity index (χ1v) is 4.75. The second-order valence-electron chi connectivity index (χ2n) is 4.22. The van der Waals surface area contributed by atoms with Crippen LogP contribution >= 0.6 is 12.4 Å². The van der Waals surface area contributed by atoms with E-state index in [9.17, 15) is 4.39 Å². The number of nitrogens with one attached hydrogen (secondary N) is 1. The van der Waals surface area contributed by atoms with E-state index in [-0.39, 0.29) is 23.8 Å². The maximum absolute atomic E-state index is 13.0. The first kappa shape index (κ1) is 12.3. The van der Waals surface area contributed by atoms with Crippen LogP contribution in [0.2, 0.25) is 0 Å². The monoisotopic (exact) mass is 231 g/mol. The molecule has 0 atom stereocenters. The Morgan fingerprint density at radius 3 is 2.87 bits per heavy atom. The van der Waals surface area contributed by atoms with Gasteiger partial charge in [-0.25, -0.2) is 4.39 Å². The second kappa shape index (κ2) is 4.37. The van der Waals surface area contributed by atoms with Crippen molar-refractivity contribution in [2.45, 2.75) is 26.0 Å². The number of rotatable bonds is 0. The van der Waals surface area contributed by atoms with Crippen LogP contribution in [-0.2, 0) is 6.54 Å². The van der Waals surface area contributed by atoms with Crippen LogP contribution in [0.4, 0.5) is 4.39 Å². The van der Waals surface area contributed by atoms with E-state index in [1.807, 2.05) is 13.8 Å². The van der Waals surface area contributed by atoms with E-state index >= 15 is 0 Å². The minimum absolute atomic E-state index is 0. The number of benzene rings is 1. The maximum atomic E-state index is 13.0. The standard InChI is InChI=1S/C11H14FNO.ClH/c1-11(2)7-13-6-8-3-4-9(12)5-10(8)14-11;/h3-5,13H,6-7H2,1-2H3;1H. The lowest BCUT2D eigenvalue weighted by Crippen LogP contribution is -2.37. The molecule has 0 fully saturated rings. The van der Waals surface area contributed by atoms with Gasteiger partial charge in [-0.1, -0.05) is 6.07 Å². The van der Waals surface area contributed by atoms with Gasteiger partial charge in [-0.2, -0.15) is 0 Å². The Morgan fingerprint density at radius 2 is 2.13 bits per heavy atom. The van der Waals surface area contributed by atoms with Gasteiger partial charge in [0.1, 0.15) is 17.2 Å². The highest BCUT2D eigenvalue weighted by Gasteiger charge is 2.24. The topological polar surface area (TPSA) is 21.3 Å². The molecule has 0 unspecified atom stereocenters. The molecule has 0 bridgehead atoms. The van der Waals surface area contributed by atoms with Crippen molar-refractivity contribution in [3.63, 3.8) is 0 Å². The summed E-state index contributed by atoms with van der Waals surface area (Å²) in [6.07, 6.45) is 0. The molecule has 1 aromatic rings. The Hall–Kier alpha value is -0.800. The smallest absolute Gasteiger partial charge is 0.127 e. The molecule has 2 nitrogen and oxygen atoms in total. The van der Waals surface area contributed by atoms with Gasteiger partial charge in [-0.05, 0) is 19.9 Å². The normalized spacial score (nSPS) is 18.1. The third-order valence-electron chi connectivity index (χ3n) is 2.28. The van der Waals surface area contributed by atoms with Gasteiger partial charge in [0.05, 0.1) is 0 Å². The van der Waals surface area contributed by atoms with Crippen LogP contribution in [0.5, 0.6) is 5.75 Å². The predicted molar refractivity (Wildman–Crippen MR) is 60.1 cm³/mol. The molecule has 0 amide bonds. The summed E-state index contributed by atoms with van der Waals surface area (Å²) < 4.78 is 18.7. The third-order valence-corrected chi connectivity index (χ3v) is 2.28. The van der Waals surface area contributed by atoms with Crippen LogP contribution in [0.3, 0.4) is 0 Å². The van der Waals surface area contributed by atoms with E-state index in [2.05, 4.69) is 5.32 Å². The van der Waals surface area contributed by atoms with Crippen LogP contribution in [-0.4, -0.2) is 12.1 Å². The third kappa shape index (κ3) is 2.83. The Bertz CT molecular complexity index is 354.